The summed E-state index contributed by atoms with van der Waals surface area (Å²) in [4.78, 5) is 26.2. The van der Waals surface area contributed by atoms with Crippen LogP contribution in [0.15, 0.2) is 55.1 Å². The Labute approximate surface area is 151 Å². The molecule has 0 saturated heterocycles. The summed E-state index contributed by atoms with van der Waals surface area (Å²) in [7, 11) is 0. The zero-order valence-corrected chi connectivity index (χ0v) is 14.2. The molecule has 0 bridgehead atoms. The molecule has 2 aromatic carbocycles. The SMILES string of the molecule is C=C1c2ccccc2C(=O)N1CCC(=O)N[C@H]1C[C@H]1c1cccc(F)c1. The molecule has 0 aromatic heterocycles. The summed E-state index contributed by atoms with van der Waals surface area (Å²) in [6.07, 6.45) is 1.03. The topological polar surface area (TPSA) is 49.4 Å². The summed E-state index contributed by atoms with van der Waals surface area (Å²) in [6, 6.07) is 13.9. The normalized spacial score (nSPS) is 20.9. The molecule has 26 heavy (non-hydrogen) atoms. The number of fused-ring (bicyclic) bond motifs is 1. The minimum absolute atomic E-state index is 0.0407. The van der Waals surface area contributed by atoms with Gasteiger partial charge >= 0.3 is 0 Å². The fraction of sp³-hybridized carbons (Fsp3) is 0.238. The lowest BCUT2D eigenvalue weighted by Gasteiger charge is -2.17. The smallest absolute Gasteiger partial charge is 0.258 e. The highest BCUT2D eigenvalue weighted by molar-refractivity contribution is 6.08. The summed E-state index contributed by atoms with van der Waals surface area (Å²) in [5.74, 6) is -0.305. The number of hydrogen-bond donors (Lipinski definition) is 1. The summed E-state index contributed by atoms with van der Waals surface area (Å²) in [6.45, 7) is 4.28. The minimum Gasteiger partial charge on any atom is -0.353 e. The Morgan fingerprint density at radius 3 is 2.69 bits per heavy atom. The van der Waals surface area contributed by atoms with Crippen molar-refractivity contribution in [2.24, 2.45) is 0 Å². The van der Waals surface area contributed by atoms with E-state index in [4.69, 9.17) is 0 Å². The van der Waals surface area contributed by atoms with Crippen LogP contribution in [0.4, 0.5) is 4.39 Å². The molecular formula is C21H19FN2O2. The number of rotatable bonds is 5. The van der Waals surface area contributed by atoms with E-state index in [0.717, 1.165) is 17.5 Å². The maximum absolute atomic E-state index is 13.3. The van der Waals surface area contributed by atoms with E-state index >= 15 is 0 Å². The first kappa shape index (κ1) is 16.5. The summed E-state index contributed by atoms with van der Waals surface area (Å²) < 4.78 is 13.3. The van der Waals surface area contributed by atoms with Gasteiger partial charge in [-0.05, 0) is 30.2 Å². The van der Waals surface area contributed by atoms with Gasteiger partial charge in [-0.1, -0.05) is 36.9 Å². The molecule has 2 amide bonds. The summed E-state index contributed by atoms with van der Waals surface area (Å²) in [5.41, 5.74) is 3.01. The third kappa shape index (κ3) is 3.01. The van der Waals surface area contributed by atoms with E-state index in [-0.39, 0.29) is 36.0 Å². The molecule has 2 atom stereocenters. The quantitative estimate of drug-likeness (QED) is 0.899. The first-order valence-corrected chi connectivity index (χ1v) is 8.69. The van der Waals surface area contributed by atoms with E-state index in [1.165, 1.54) is 12.1 Å². The van der Waals surface area contributed by atoms with Gasteiger partial charge in [0.15, 0.2) is 0 Å². The molecule has 132 valence electrons. The highest BCUT2D eigenvalue weighted by atomic mass is 19.1. The second-order valence-corrected chi connectivity index (χ2v) is 6.77. The Hall–Kier alpha value is -2.95. The number of nitrogens with zero attached hydrogens (tertiary/aromatic N) is 1. The fourth-order valence-corrected chi connectivity index (χ4v) is 3.52. The van der Waals surface area contributed by atoms with Crippen LogP contribution >= 0.6 is 0 Å². The number of carbonyl (C=O) groups excluding carboxylic acids is 2. The number of carbonyl (C=O) groups is 2. The third-order valence-corrected chi connectivity index (χ3v) is 5.02. The molecule has 0 spiro atoms. The van der Waals surface area contributed by atoms with Crippen LogP contribution in [0.1, 0.15) is 40.2 Å². The van der Waals surface area contributed by atoms with Crippen molar-refractivity contribution in [1.82, 2.24) is 10.2 Å². The predicted octanol–water partition coefficient (Wildman–Crippen LogP) is 3.31. The molecule has 1 N–H and O–H groups in total. The number of hydrogen-bond acceptors (Lipinski definition) is 2. The molecule has 0 unspecified atom stereocenters. The molecule has 1 aliphatic heterocycles. The van der Waals surface area contributed by atoms with Gasteiger partial charge in [-0.15, -0.1) is 0 Å². The van der Waals surface area contributed by atoms with Crippen LogP contribution in [0, 0.1) is 5.82 Å². The molecule has 2 aliphatic rings. The standard InChI is InChI=1S/C21H19FN2O2/c1-13-16-7-2-3-8-17(16)21(26)24(13)10-9-20(25)23-19-12-18(19)14-5-4-6-15(22)11-14/h2-8,11,18-19H,1,9-10,12H2,(H,23,25)/t18-,19-/m0/s1. The molecule has 2 aromatic rings. The Bertz CT molecular complexity index is 873. The molecule has 1 fully saturated rings. The number of nitrogens with one attached hydrogen (secondary N) is 1. The Morgan fingerprint density at radius 1 is 1.19 bits per heavy atom. The average Bonchev–Trinajstić information content (AvgIpc) is 3.35. The number of halogens is 1. The van der Waals surface area contributed by atoms with E-state index in [0.29, 0.717) is 17.8 Å². The molecule has 0 radical (unpaired) electrons. The van der Waals surface area contributed by atoms with Crippen molar-refractivity contribution in [2.75, 3.05) is 6.54 Å². The minimum atomic E-state index is -0.259. The summed E-state index contributed by atoms with van der Waals surface area (Å²) in [5, 5.41) is 2.97. The second kappa shape index (κ2) is 6.41. The van der Waals surface area contributed by atoms with Gasteiger partial charge in [0.2, 0.25) is 5.91 Å². The second-order valence-electron chi connectivity index (χ2n) is 6.77. The largest absolute Gasteiger partial charge is 0.353 e. The zero-order chi connectivity index (χ0) is 18.3. The van der Waals surface area contributed by atoms with Crippen molar-refractivity contribution in [1.29, 1.82) is 0 Å². The lowest BCUT2D eigenvalue weighted by atomic mass is 10.1. The zero-order valence-electron chi connectivity index (χ0n) is 14.2. The van der Waals surface area contributed by atoms with Gasteiger partial charge in [0, 0.05) is 41.7 Å². The van der Waals surface area contributed by atoms with Crippen molar-refractivity contribution >= 4 is 17.5 Å². The molecule has 4 rings (SSSR count). The van der Waals surface area contributed by atoms with Crippen LogP contribution in [-0.2, 0) is 4.79 Å². The molecule has 4 nitrogen and oxygen atoms in total. The maximum atomic E-state index is 13.3. The Kier molecular flexibility index (Phi) is 4.07. The Morgan fingerprint density at radius 2 is 1.96 bits per heavy atom. The van der Waals surface area contributed by atoms with Gasteiger partial charge in [-0.3, -0.25) is 9.59 Å². The van der Waals surface area contributed by atoms with E-state index in [2.05, 4.69) is 11.9 Å². The van der Waals surface area contributed by atoms with Gasteiger partial charge < -0.3 is 10.2 Å². The number of benzene rings is 2. The highest BCUT2D eigenvalue weighted by Gasteiger charge is 2.39. The van der Waals surface area contributed by atoms with Crippen molar-refractivity contribution in [3.8, 4) is 0 Å². The van der Waals surface area contributed by atoms with Crippen LogP contribution in [0.2, 0.25) is 0 Å². The molecule has 1 aliphatic carbocycles. The van der Waals surface area contributed by atoms with Gasteiger partial charge in [-0.2, -0.15) is 0 Å². The van der Waals surface area contributed by atoms with Gasteiger partial charge in [0.25, 0.3) is 5.91 Å². The highest BCUT2D eigenvalue weighted by Crippen LogP contribution is 2.41. The fourth-order valence-electron chi connectivity index (χ4n) is 3.52. The van der Waals surface area contributed by atoms with Crippen LogP contribution in [-0.4, -0.2) is 29.3 Å². The molecular weight excluding hydrogens is 331 g/mol. The Balaban J connectivity index is 1.31. The van der Waals surface area contributed by atoms with Crippen LogP contribution in [0.3, 0.4) is 0 Å². The van der Waals surface area contributed by atoms with Gasteiger partial charge in [0.05, 0.1) is 0 Å². The van der Waals surface area contributed by atoms with Crippen LogP contribution < -0.4 is 5.32 Å². The van der Waals surface area contributed by atoms with Gasteiger partial charge in [0.1, 0.15) is 5.82 Å². The first-order valence-electron chi connectivity index (χ1n) is 8.69. The van der Waals surface area contributed by atoms with E-state index < -0.39 is 0 Å². The van der Waals surface area contributed by atoms with Crippen molar-refractivity contribution in [3.05, 3.63) is 77.6 Å². The van der Waals surface area contributed by atoms with Crippen molar-refractivity contribution in [2.45, 2.75) is 24.8 Å². The molecule has 1 saturated carbocycles. The van der Waals surface area contributed by atoms with Crippen molar-refractivity contribution < 1.29 is 14.0 Å². The monoisotopic (exact) mass is 350 g/mol. The van der Waals surface area contributed by atoms with Crippen molar-refractivity contribution in [3.63, 3.8) is 0 Å². The van der Waals surface area contributed by atoms with Crippen LogP contribution in [0.5, 0.6) is 0 Å². The van der Waals surface area contributed by atoms with E-state index in [9.17, 15) is 14.0 Å². The lowest BCUT2D eigenvalue weighted by Crippen LogP contribution is -2.32. The molecule has 5 heteroatoms. The average molecular weight is 350 g/mol. The summed E-state index contributed by atoms with van der Waals surface area (Å²) >= 11 is 0. The van der Waals surface area contributed by atoms with E-state index in [1.807, 2.05) is 24.3 Å². The maximum Gasteiger partial charge on any atom is 0.258 e. The lowest BCUT2D eigenvalue weighted by molar-refractivity contribution is -0.121. The predicted molar refractivity (Wildman–Crippen MR) is 96.8 cm³/mol. The third-order valence-electron chi connectivity index (χ3n) is 5.02. The first-order chi connectivity index (χ1) is 12.5. The number of amides is 2. The van der Waals surface area contributed by atoms with Crippen LogP contribution in [0.25, 0.3) is 5.70 Å². The van der Waals surface area contributed by atoms with E-state index in [1.54, 1.807) is 17.0 Å². The van der Waals surface area contributed by atoms with Gasteiger partial charge in [-0.25, -0.2) is 4.39 Å². The molecule has 1 heterocycles.